The average Bonchev–Trinajstić information content (AvgIpc) is 2.87. The molecule has 1 nitrogen and oxygen atoms in total. The molecule has 2 atom stereocenters. The molecule has 1 unspecified atom stereocenters. The van der Waals surface area contributed by atoms with Gasteiger partial charge in [0, 0.05) is 9.61 Å². The molecule has 1 aromatic carbocycles. The monoisotopic (exact) mass is 299 g/mol. The molecule has 0 spiro atoms. The van der Waals surface area contributed by atoms with E-state index in [1.165, 1.54) is 14.7 Å². The SMILES string of the molecule is C/C(=C\c1ccc(I)cc1)[C@@H]1CC1N. The molecule has 1 saturated carbocycles. The minimum atomic E-state index is 0.412. The molecule has 2 N–H and O–H groups in total. The Labute approximate surface area is 98.5 Å². The molecule has 0 amide bonds. The first-order valence-corrected chi connectivity index (χ1v) is 5.94. The van der Waals surface area contributed by atoms with Crippen LogP contribution in [0.25, 0.3) is 6.08 Å². The molecular formula is C12H14IN. The van der Waals surface area contributed by atoms with E-state index in [1.807, 2.05) is 0 Å². The Morgan fingerprint density at radius 2 is 2.00 bits per heavy atom. The van der Waals surface area contributed by atoms with Gasteiger partial charge in [0.15, 0.2) is 0 Å². The Hall–Kier alpha value is -0.350. The summed E-state index contributed by atoms with van der Waals surface area (Å²) in [5.74, 6) is 0.634. The van der Waals surface area contributed by atoms with Crippen molar-refractivity contribution in [1.29, 1.82) is 0 Å². The molecule has 2 heteroatoms. The van der Waals surface area contributed by atoms with E-state index in [9.17, 15) is 0 Å². The van der Waals surface area contributed by atoms with Gasteiger partial charge >= 0.3 is 0 Å². The van der Waals surface area contributed by atoms with E-state index in [0.29, 0.717) is 12.0 Å². The quantitative estimate of drug-likeness (QED) is 0.835. The maximum Gasteiger partial charge on any atom is 0.0130 e. The summed E-state index contributed by atoms with van der Waals surface area (Å²) in [5, 5.41) is 0. The molecule has 1 aromatic rings. The lowest BCUT2D eigenvalue weighted by Crippen LogP contribution is -2.02. The van der Waals surface area contributed by atoms with Gasteiger partial charge in [-0.3, -0.25) is 0 Å². The smallest absolute Gasteiger partial charge is 0.0130 e. The van der Waals surface area contributed by atoms with Crippen molar-refractivity contribution in [3.8, 4) is 0 Å². The van der Waals surface area contributed by atoms with Gasteiger partial charge in [0.2, 0.25) is 0 Å². The zero-order valence-electron chi connectivity index (χ0n) is 8.20. The van der Waals surface area contributed by atoms with Gasteiger partial charge in [-0.25, -0.2) is 0 Å². The molecule has 1 aliphatic carbocycles. The Bertz CT molecular complexity index is 353. The fraction of sp³-hybridized carbons (Fsp3) is 0.333. The summed E-state index contributed by atoms with van der Waals surface area (Å²) < 4.78 is 1.28. The second-order valence-corrected chi connectivity index (χ2v) is 5.19. The molecule has 1 fully saturated rings. The van der Waals surface area contributed by atoms with Crippen molar-refractivity contribution >= 4 is 28.7 Å². The normalized spacial score (nSPS) is 26.4. The fourth-order valence-electron chi connectivity index (χ4n) is 1.67. The van der Waals surface area contributed by atoms with Crippen LogP contribution in [-0.4, -0.2) is 6.04 Å². The fourth-order valence-corrected chi connectivity index (χ4v) is 2.03. The lowest BCUT2D eigenvalue weighted by atomic mass is 10.1. The molecule has 0 radical (unpaired) electrons. The predicted molar refractivity (Wildman–Crippen MR) is 68.9 cm³/mol. The minimum Gasteiger partial charge on any atom is -0.327 e. The molecule has 0 aromatic heterocycles. The minimum absolute atomic E-state index is 0.412. The first-order valence-electron chi connectivity index (χ1n) is 4.86. The molecule has 2 rings (SSSR count). The van der Waals surface area contributed by atoms with Crippen LogP contribution < -0.4 is 5.73 Å². The van der Waals surface area contributed by atoms with Crippen LogP contribution in [0.1, 0.15) is 18.9 Å². The Morgan fingerprint density at radius 3 is 2.50 bits per heavy atom. The predicted octanol–water partition coefficient (Wildman–Crippen LogP) is 3.04. The first-order chi connectivity index (χ1) is 6.66. The Balaban J connectivity index is 2.12. The largest absolute Gasteiger partial charge is 0.327 e. The first kappa shape index (κ1) is 10.2. The van der Waals surface area contributed by atoms with Crippen LogP contribution in [-0.2, 0) is 0 Å². The average molecular weight is 299 g/mol. The van der Waals surface area contributed by atoms with Crippen LogP contribution in [0.4, 0.5) is 0 Å². The number of halogens is 1. The van der Waals surface area contributed by atoms with E-state index in [4.69, 9.17) is 5.73 Å². The van der Waals surface area contributed by atoms with Crippen molar-refractivity contribution < 1.29 is 0 Å². The Kier molecular flexibility index (Phi) is 2.93. The summed E-state index contributed by atoms with van der Waals surface area (Å²) in [6.45, 7) is 2.18. The van der Waals surface area contributed by atoms with Crippen molar-refractivity contribution in [2.24, 2.45) is 11.7 Å². The zero-order valence-corrected chi connectivity index (χ0v) is 10.4. The Morgan fingerprint density at radius 1 is 1.43 bits per heavy atom. The highest BCUT2D eigenvalue weighted by molar-refractivity contribution is 14.1. The number of hydrogen-bond acceptors (Lipinski definition) is 1. The highest BCUT2D eigenvalue weighted by Crippen LogP contribution is 2.35. The van der Waals surface area contributed by atoms with Crippen LogP contribution in [0.5, 0.6) is 0 Å². The molecule has 0 aliphatic heterocycles. The van der Waals surface area contributed by atoms with Crippen LogP contribution >= 0.6 is 22.6 Å². The maximum absolute atomic E-state index is 5.80. The van der Waals surface area contributed by atoms with Crippen LogP contribution in [0.2, 0.25) is 0 Å². The maximum atomic E-state index is 5.80. The van der Waals surface area contributed by atoms with Gasteiger partial charge in [0.25, 0.3) is 0 Å². The van der Waals surface area contributed by atoms with E-state index < -0.39 is 0 Å². The highest BCUT2D eigenvalue weighted by atomic mass is 127. The second-order valence-electron chi connectivity index (χ2n) is 3.95. The van der Waals surface area contributed by atoms with Gasteiger partial charge in [0.05, 0.1) is 0 Å². The van der Waals surface area contributed by atoms with Gasteiger partial charge in [-0.2, -0.15) is 0 Å². The summed E-state index contributed by atoms with van der Waals surface area (Å²) in [5.41, 5.74) is 8.50. The zero-order chi connectivity index (χ0) is 10.1. The number of nitrogens with two attached hydrogens (primary N) is 1. The van der Waals surface area contributed by atoms with E-state index in [1.54, 1.807) is 0 Å². The molecule has 14 heavy (non-hydrogen) atoms. The van der Waals surface area contributed by atoms with E-state index in [-0.39, 0.29) is 0 Å². The summed E-state index contributed by atoms with van der Waals surface area (Å²) in [6, 6.07) is 8.98. The van der Waals surface area contributed by atoms with Gasteiger partial charge < -0.3 is 5.73 Å². The third-order valence-electron chi connectivity index (χ3n) is 2.69. The van der Waals surface area contributed by atoms with Crippen molar-refractivity contribution in [1.82, 2.24) is 0 Å². The summed E-state index contributed by atoms with van der Waals surface area (Å²) >= 11 is 2.32. The third-order valence-corrected chi connectivity index (χ3v) is 3.41. The molecule has 74 valence electrons. The van der Waals surface area contributed by atoms with Crippen molar-refractivity contribution in [3.63, 3.8) is 0 Å². The summed E-state index contributed by atoms with van der Waals surface area (Å²) in [6.07, 6.45) is 3.40. The van der Waals surface area contributed by atoms with Crippen LogP contribution in [0.15, 0.2) is 29.8 Å². The molecule has 0 bridgehead atoms. The summed E-state index contributed by atoms with van der Waals surface area (Å²) in [4.78, 5) is 0. The molecule has 0 saturated heterocycles. The van der Waals surface area contributed by atoms with Gasteiger partial charge in [0.1, 0.15) is 0 Å². The van der Waals surface area contributed by atoms with Crippen molar-refractivity contribution in [2.75, 3.05) is 0 Å². The van der Waals surface area contributed by atoms with Crippen LogP contribution in [0, 0.1) is 9.49 Å². The second kappa shape index (κ2) is 4.03. The van der Waals surface area contributed by atoms with Crippen molar-refractivity contribution in [2.45, 2.75) is 19.4 Å². The number of benzene rings is 1. The number of rotatable bonds is 2. The molecular weight excluding hydrogens is 285 g/mol. The van der Waals surface area contributed by atoms with E-state index in [2.05, 4.69) is 59.9 Å². The van der Waals surface area contributed by atoms with Gasteiger partial charge in [-0.1, -0.05) is 23.8 Å². The molecule has 1 aliphatic rings. The van der Waals surface area contributed by atoms with E-state index >= 15 is 0 Å². The molecule has 0 heterocycles. The highest BCUT2D eigenvalue weighted by Gasteiger charge is 2.34. The standard InChI is InChI=1S/C12H14IN/c1-8(11-7-12(11)14)6-9-2-4-10(13)5-3-9/h2-6,11-12H,7,14H2,1H3/b8-6+/t11-,12?/m0/s1. The van der Waals surface area contributed by atoms with E-state index in [0.717, 1.165) is 6.42 Å². The third kappa shape index (κ3) is 2.36. The van der Waals surface area contributed by atoms with Gasteiger partial charge in [-0.15, -0.1) is 0 Å². The van der Waals surface area contributed by atoms with Crippen molar-refractivity contribution in [3.05, 3.63) is 39.0 Å². The number of hydrogen-bond donors (Lipinski definition) is 1. The topological polar surface area (TPSA) is 26.0 Å². The summed E-state index contributed by atoms with van der Waals surface area (Å²) in [7, 11) is 0. The lowest BCUT2D eigenvalue weighted by Gasteiger charge is -1.99. The lowest BCUT2D eigenvalue weighted by molar-refractivity contribution is 0.924. The van der Waals surface area contributed by atoms with Crippen LogP contribution in [0.3, 0.4) is 0 Å². The van der Waals surface area contributed by atoms with Gasteiger partial charge in [-0.05, 0) is 59.5 Å².